The fraction of sp³-hybridized carbons (Fsp3) is 0.333. The van der Waals surface area contributed by atoms with Crippen molar-refractivity contribution < 1.29 is 20.1 Å². The van der Waals surface area contributed by atoms with Gasteiger partial charge in [0.1, 0.15) is 18.4 Å². The minimum atomic E-state index is 0.212. The Balaban J connectivity index is 1.48. The van der Waals surface area contributed by atoms with E-state index < -0.39 is 0 Å². The summed E-state index contributed by atoms with van der Waals surface area (Å²) in [5.41, 5.74) is 6.17. The number of hydrogen-bond acceptors (Lipinski definition) is 3. The Morgan fingerprint density at radius 1 is 1.14 bits per heavy atom. The molecule has 0 saturated carbocycles. The molecule has 2 aliphatic heterocycles. The van der Waals surface area contributed by atoms with Crippen molar-refractivity contribution in [1.82, 2.24) is 4.90 Å². The van der Waals surface area contributed by atoms with E-state index in [0.29, 0.717) is 29.9 Å². The van der Waals surface area contributed by atoms with Crippen LogP contribution in [0.2, 0.25) is 10.0 Å². The van der Waals surface area contributed by atoms with Gasteiger partial charge in [0.15, 0.2) is 0 Å². The molecule has 7 heteroatoms. The van der Waals surface area contributed by atoms with Gasteiger partial charge in [-0.25, -0.2) is 5.32 Å². The zero-order valence-electron chi connectivity index (χ0n) is 15.8. The van der Waals surface area contributed by atoms with Crippen LogP contribution in [0.3, 0.4) is 0 Å². The van der Waals surface area contributed by atoms with E-state index in [9.17, 15) is 0 Å². The third-order valence-electron chi connectivity index (χ3n) is 5.25. The fourth-order valence-corrected chi connectivity index (χ4v) is 4.05. The van der Waals surface area contributed by atoms with Gasteiger partial charge in [-0.2, -0.15) is 0 Å². The largest absolute Gasteiger partial charge is 0.383 e. The molecule has 0 amide bonds. The topological polar surface area (TPSA) is 54.9 Å². The molecule has 0 radical (unpaired) electrons. The number of nitrogens with two attached hydrogens (primary N) is 2. The number of nitrogens with zero attached hydrogens (tertiary/aromatic N) is 1. The van der Waals surface area contributed by atoms with Gasteiger partial charge >= 0.3 is 0 Å². The second-order valence-electron chi connectivity index (χ2n) is 7.09. The second-order valence-corrected chi connectivity index (χ2v) is 7.90. The van der Waals surface area contributed by atoms with Crippen molar-refractivity contribution in [2.75, 3.05) is 20.3 Å². The van der Waals surface area contributed by atoms with Crippen LogP contribution in [-0.2, 0) is 29.2 Å². The molecular formula is C21H25Cl2N3O2+2. The first-order valence-electron chi connectivity index (χ1n) is 9.43. The molecule has 1 atom stereocenters. The van der Waals surface area contributed by atoms with Crippen LogP contribution < -0.4 is 10.6 Å². The molecule has 0 saturated heterocycles. The molecule has 0 bridgehead atoms. The van der Waals surface area contributed by atoms with Crippen molar-refractivity contribution in [2.45, 2.75) is 26.0 Å². The van der Waals surface area contributed by atoms with Gasteiger partial charge in [0.2, 0.25) is 0 Å². The smallest absolute Gasteiger partial charge is 0.298 e. The lowest BCUT2D eigenvalue weighted by atomic mass is 10.0. The van der Waals surface area contributed by atoms with Gasteiger partial charge in [-0.3, -0.25) is 10.2 Å². The van der Waals surface area contributed by atoms with Crippen molar-refractivity contribution in [3.8, 4) is 0 Å². The Labute approximate surface area is 175 Å². The van der Waals surface area contributed by atoms with E-state index in [1.807, 2.05) is 18.2 Å². The van der Waals surface area contributed by atoms with E-state index >= 15 is 0 Å². The molecule has 2 aliphatic rings. The molecule has 0 aromatic heterocycles. The summed E-state index contributed by atoms with van der Waals surface area (Å²) < 4.78 is 10.9. The molecule has 2 heterocycles. The molecule has 28 heavy (non-hydrogen) atoms. The van der Waals surface area contributed by atoms with Crippen LogP contribution >= 0.6 is 23.2 Å². The number of hydrogen-bond donors (Lipinski definition) is 2. The summed E-state index contributed by atoms with van der Waals surface area (Å²) in [5, 5.41) is 5.73. The maximum atomic E-state index is 6.15. The summed E-state index contributed by atoms with van der Waals surface area (Å²) in [6.45, 7) is 3.74. The first-order chi connectivity index (χ1) is 13.7. The van der Waals surface area contributed by atoms with Crippen molar-refractivity contribution in [3.05, 3.63) is 74.9 Å². The number of fused-ring (bicyclic) bond motifs is 1. The average molecular weight is 422 g/mol. The lowest BCUT2D eigenvalue weighted by molar-refractivity contribution is -0.897. The van der Waals surface area contributed by atoms with Crippen molar-refractivity contribution in [1.29, 1.82) is 0 Å². The second kappa shape index (κ2) is 8.82. The highest BCUT2D eigenvalue weighted by molar-refractivity contribution is 6.42. The SMILES string of the molecule is COCCN1C(c2ccc3c(c2)COC3)=C[NH2+][C@H]1[NH2+]Cc1ccc(Cl)c(Cl)c1. The number of halogens is 2. The minimum absolute atomic E-state index is 0.212. The zero-order chi connectivity index (χ0) is 19.5. The van der Waals surface area contributed by atoms with Crippen LogP contribution in [0, 0.1) is 0 Å². The monoisotopic (exact) mass is 421 g/mol. The molecule has 0 spiro atoms. The van der Waals surface area contributed by atoms with Gasteiger partial charge < -0.3 is 9.47 Å². The van der Waals surface area contributed by atoms with Gasteiger partial charge in [0, 0.05) is 18.2 Å². The van der Waals surface area contributed by atoms with Crippen molar-refractivity contribution >= 4 is 28.9 Å². The highest BCUT2D eigenvalue weighted by Gasteiger charge is 2.33. The van der Waals surface area contributed by atoms with Crippen LogP contribution in [0.4, 0.5) is 0 Å². The van der Waals surface area contributed by atoms with Crippen LogP contribution in [0.1, 0.15) is 22.3 Å². The molecule has 2 aromatic rings. The maximum absolute atomic E-state index is 6.15. The summed E-state index contributed by atoms with van der Waals surface area (Å²) in [5.74, 6) is 0. The van der Waals surface area contributed by atoms with E-state index in [0.717, 1.165) is 18.7 Å². The fourth-order valence-electron chi connectivity index (χ4n) is 3.73. The standard InChI is InChI=1S/C21H23Cl2N3O2/c1-27-7-6-26-20(15-3-4-16-12-28-13-17(16)9-15)11-25-21(26)24-10-14-2-5-18(22)19(23)8-14/h2-5,8-9,11,21,24-25H,6-7,10,12-13H2,1H3/p+2/t21-/m1/s1. The van der Waals surface area contributed by atoms with Gasteiger partial charge in [-0.05, 0) is 29.3 Å². The predicted octanol–water partition coefficient (Wildman–Crippen LogP) is 1.89. The first kappa shape index (κ1) is 19.7. The van der Waals surface area contributed by atoms with Gasteiger partial charge in [-0.15, -0.1) is 0 Å². The normalized spacial score (nSPS) is 18.5. The Morgan fingerprint density at radius 3 is 2.82 bits per heavy atom. The first-order valence-corrected chi connectivity index (χ1v) is 10.2. The molecule has 4 N–H and O–H groups in total. The van der Waals surface area contributed by atoms with Crippen molar-refractivity contribution in [2.24, 2.45) is 0 Å². The summed E-state index contributed by atoms with van der Waals surface area (Å²) in [6.07, 6.45) is 2.42. The number of methoxy groups -OCH3 is 1. The van der Waals surface area contributed by atoms with Gasteiger partial charge in [0.05, 0.1) is 36.4 Å². The molecular weight excluding hydrogens is 397 g/mol. The molecule has 0 aliphatic carbocycles. The van der Waals surface area contributed by atoms with Gasteiger partial charge in [0.25, 0.3) is 6.29 Å². The summed E-state index contributed by atoms with van der Waals surface area (Å²) in [4.78, 5) is 2.39. The summed E-state index contributed by atoms with van der Waals surface area (Å²) in [7, 11) is 1.74. The third-order valence-corrected chi connectivity index (χ3v) is 5.99. The Bertz CT molecular complexity index is 888. The third kappa shape index (κ3) is 4.20. The van der Waals surface area contributed by atoms with Crippen LogP contribution in [0.25, 0.3) is 5.70 Å². The summed E-state index contributed by atoms with van der Waals surface area (Å²) in [6, 6.07) is 12.4. The average Bonchev–Trinajstić information content (AvgIpc) is 3.33. The number of rotatable bonds is 7. The molecule has 148 valence electrons. The lowest BCUT2D eigenvalue weighted by Gasteiger charge is -2.24. The number of ether oxygens (including phenoxy) is 2. The Hall–Kier alpha value is -1.60. The van der Waals surface area contributed by atoms with E-state index in [4.69, 9.17) is 32.7 Å². The van der Waals surface area contributed by atoms with Crippen molar-refractivity contribution in [3.63, 3.8) is 0 Å². The molecule has 0 fully saturated rings. The number of benzene rings is 2. The Kier molecular flexibility index (Phi) is 6.21. The van der Waals surface area contributed by atoms with Crippen LogP contribution in [-0.4, -0.2) is 31.5 Å². The summed E-state index contributed by atoms with van der Waals surface area (Å²) >= 11 is 12.2. The molecule has 0 unspecified atom stereocenters. The van der Waals surface area contributed by atoms with E-state index in [1.54, 1.807) is 7.11 Å². The zero-order valence-corrected chi connectivity index (χ0v) is 17.3. The van der Waals surface area contributed by atoms with Crippen LogP contribution in [0.15, 0.2) is 42.6 Å². The Morgan fingerprint density at radius 2 is 2.00 bits per heavy atom. The minimum Gasteiger partial charge on any atom is -0.383 e. The van der Waals surface area contributed by atoms with Gasteiger partial charge in [-0.1, -0.05) is 41.4 Å². The predicted molar refractivity (Wildman–Crippen MR) is 109 cm³/mol. The quantitative estimate of drug-likeness (QED) is 0.717. The van der Waals surface area contributed by atoms with E-state index in [1.165, 1.54) is 22.4 Å². The highest BCUT2D eigenvalue weighted by atomic mass is 35.5. The van der Waals surface area contributed by atoms with E-state index in [-0.39, 0.29) is 6.29 Å². The molecule has 5 nitrogen and oxygen atoms in total. The van der Waals surface area contributed by atoms with E-state index in [2.05, 4.69) is 39.9 Å². The lowest BCUT2D eigenvalue weighted by Crippen LogP contribution is -3.10. The highest BCUT2D eigenvalue weighted by Crippen LogP contribution is 2.27. The van der Waals surface area contributed by atoms with Crippen LogP contribution in [0.5, 0.6) is 0 Å². The molecule has 4 rings (SSSR count). The molecule has 2 aromatic carbocycles. The maximum Gasteiger partial charge on any atom is 0.298 e. The number of quaternary nitrogens is 2.